The summed E-state index contributed by atoms with van der Waals surface area (Å²) in [6.07, 6.45) is 4.05. The van der Waals surface area contributed by atoms with Gasteiger partial charge in [0.2, 0.25) is 0 Å². The zero-order valence-corrected chi connectivity index (χ0v) is 8.72. The maximum absolute atomic E-state index is 5.63. The van der Waals surface area contributed by atoms with Gasteiger partial charge in [-0.25, -0.2) is 0 Å². The number of thiocarbonyl (C=S) groups is 1. The van der Waals surface area contributed by atoms with Gasteiger partial charge >= 0.3 is 0 Å². The van der Waals surface area contributed by atoms with Crippen LogP contribution in [0.15, 0.2) is 0 Å². The number of nitrogens with two attached hydrogens (primary N) is 1. The highest BCUT2D eigenvalue weighted by atomic mass is 32.1. The van der Waals surface area contributed by atoms with Crippen LogP contribution in [0.5, 0.6) is 0 Å². The van der Waals surface area contributed by atoms with E-state index in [1.54, 1.807) is 0 Å². The lowest BCUT2D eigenvalue weighted by molar-refractivity contribution is 0.0808. The summed E-state index contributed by atoms with van der Waals surface area (Å²) in [6, 6.07) is 0.712. The van der Waals surface area contributed by atoms with Crippen molar-refractivity contribution >= 4 is 17.3 Å². The zero-order chi connectivity index (χ0) is 9.26. The summed E-state index contributed by atoms with van der Waals surface area (Å²) in [6.45, 7) is 4.49. The average Bonchev–Trinajstić information content (AvgIpc) is 2.17. The average molecular weight is 199 g/mol. The first-order valence-electron chi connectivity index (χ1n) is 5.06. The summed E-state index contributed by atoms with van der Waals surface area (Å²) in [4.78, 5) is 4.72. The van der Waals surface area contributed by atoms with Gasteiger partial charge in [0.15, 0.2) is 5.11 Å². The van der Waals surface area contributed by atoms with Gasteiger partial charge in [-0.3, -0.25) is 4.90 Å². The number of rotatable bonds is 0. The molecule has 0 aromatic heterocycles. The highest BCUT2D eigenvalue weighted by Gasteiger charge is 2.28. The molecule has 2 saturated heterocycles. The number of nitrogens with zero attached hydrogens (tertiary/aromatic N) is 2. The lowest BCUT2D eigenvalue weighted by atomic mass is 10.00. The van der Waals surface area contributed by atoms with Crippen molar-refractivity contribution < 1.29 is 0 Å². The molecule has 0 amide bonds. The number of piperidine rings is 1. The maximum atomic E-state index is 5.63. The topological polar surface area (TPSA) is 32.5 Å². The third kappa shape index (κ3) is 1.94. The predicted octanol–water partition coefficient (Wildman–Crippen LogP) is 0.400. The molecule has 0 spiro atoms. The van der Waals surface area contributed by atoms with E-state index < -0.39 is 0 Å². The van der Waals surface area contributed by atoms with E-state index in [9.17, 15) is 0 Å². The first-order chi connectivity index (χ1) is 6.27. The molecule has 1 unspecified atom stereocenters. The minimum atomic E-state index is 0.574. The molecule has 13 heavy (non-hydrogen) atoms. The van der Waals surface area contributed by atoms with Crippen LogP contribution in [0.3, 0.4) is 0 Å². The van der Waals surface area contributed by atoms with E-state index in [4.69, 9.17) is 18.0 Å². The molecule has 74 valence electrons. The van der Waals surface area contributed by atoms with Crippen molar-refractivity contribution in [1.82, 2.24) is 9.80 Å². The molecule has 2 aliphatic rings. The van der Waals surface area contributed by atoms with Crippen LogP contribution in [-0.4, -0.2) is 47.1 Å². The van der Waals surface area contributed by atoms with E-state index in [0.717, 1.165) is 19.6 Å². The monoisotopic (exact) mass is 199 g/mol. The largest absolute Gasteiger partial charge is 0.376 e. The third-order valence-electron chi connectivity index (χ3n) is 3.15. The standard InChI is InChI=1S/C9H17N3S/c10-9(13)12-6-5-11-4-2-1-3-8(11)7-12/h8H,1-7H2,(H2,10,13). The molecule has 0 radical (unpaired) electrons. The second-order valence-electron chi connectivity index (χ2n) is 3.97. The molecule has 2 aliphatic heterocycles. The summed E-state index contributed by atoms with van der Waals surface area (Å²) >= 11 is 4.99. The molecule has 1 atom stereocenters. The van der Waals surface area contributed by atoms with E-state index in [1.807, 2.05) is 0 Å². The molecule has 0 saturated carbocycles. The lowest BCUT2D eigenvalue weighted by Crippen LogP contribution is -2.57. The Morgan fingerprint density at radius 3 is 2.85 bits per heavy atom. The van der Waals surface area contributed by atoms with Crippen LogP contribution in [0.4, 0.5) is 0 Å². The van der Waals surface area contributed by atoms with Crippen LogP contribution in [0.25, 0.3) is 0 Å². The van der Waals surface area contributed by atoms with Crippen molar-refractivity contribution in [3.63, 3.8) is 0 Å². The Balaban J connectivity index is 1.95. The highest BCUT2D eigenvalue weighted by Crippen LogP contribution is 2.20. The van der Waals surface area contributed by atoms with Gasteiger partial charge in [-0.15, -0.1) is 0 Å². The van der Waals surface area contributed by atoms with Crippen LogP contribution in [0.1, 0.15) is 19.3 Å². The van der Waals surface area contributed by atoms with E-state index in [0.29, 0.717) is 11.2 Å². The molecule has 0 bridgehead atoms. The van der Waals surface area contributed by atoms with Crippen molar-refractivity contribution in [2.24, 2.45) is 5.73 Å². The van der Waals surface area contributed by atoms with Crippen molar-refractivity contribution in [3.05, 3.63) is 0 Å². The first-order valence-corrected chi connectivity index (χ1v) is 5.46. The summed E-state index contributed by atoms with van der Waals surface area (Å²) in [5.41, 5.74) is 5.63. The van der Waals surface area contributed by atoms with Gasteiger partial charge in [-0.1, -0.05) is 6.42 Å². The minimum absolute atomic E-state index is 0.574. The number of hydrogen-bond donors (Lipinski definition) is 1. The van der Waals surface area contributed by atoms with Crippen molar-refractivity contribution in [1.29, 1.82) is 0 Å². The summed E-state index contributed by atoms with van der Waals surface area (Å²) in [7, 11) is 0. The number of fused-ring (bicyclic) bond motifs is 1. The summed E-state index contributed by atoms with van der Waals surface area (Å²) in [5, 5.41) is 0.574. The van der Waals surface area contributed by atoms with Crippen molar-refractivity contribution in [3.8, 4) is 0 Å². The molecular formula is C9H17N3S. The van der Waals surface area contributed by atoms with Crippen LogP contribution in [-0.2, 0) is 0 Å². The molecule has 0 aromatic carbocycles. The van der Waals surface area contributed by atoms with Crippen LogP contribution < -0.4 is 5.73 Å². The van der Waals surface area contributed by atoms with Crippen LogP contribution in [0.2, 0.25) is 0 Å². The number of hydrogen-bond acceptors (Lipinski definition) is 2. The zero-order valence-electron chi connectivity index (χ0n) is 7.91. The van der Waals surface area contributed by atoms with E-state index in [-0.39, 0.29) is 0 Å². The van der Waals surface area contributed by atoms with Gasteiger partial charge in [0.25, 0.3) is 0 Å². The Morgan fingerprint density at radius 2 is 2.08 bits per heavy atom. The Morgan fingerprint density at radius 1 is 1.23 bits per heavy atom. The third-order valence-corrected chi connectivity index (χ3v) is 3.41. The van der Waals surface area contributed by atoms with Crippen LogP contribution >= 0.6 is 12.2 Å². The lowest BCUT2D eigenvalue weighted by Gasteiger charge is -2.44. The quantitative estimate of drug-likeness (QED) is 0.572. The van der Waals surface area contributed by atoms with Crippen molar-refractivity contribution in [2.45, 2.75) is 25.3 Å². The molecule has 3 nitrogen and oxygen atoms in total. The molecular weight excluding hydrogens is 182 g/mol. The van der Waals surface area contributed by atoms with Crippen LogP contribution in [0, 0.1) is 0 Å². The smallest absolute Gasteiger partial charge is 0.166 e. The van der Waals surface area contributed by atoms with Gasteiger partial charge in [-0.2, -0.15) is 0 Å². The normalized spacial score (nSPS) is 29.8. The molecule has 0 aromatic rings. The Hall–Kier alpha value is -0.350. The first kappa shape index (κ1) is 9.21. The van der Waals surface area contributed by atoms with Gasteiger partial charge < -0.3 is 10.6 Å². The fourth-order valence-electron chi connectivity index (χ4n) is 2.36. The second kappa shape index (κ2) is 3.80. The maximum Gasteiger partial charge on any atom is 0.166 e. The summed E-state index contributed by atoms with van der Waals surface area (Å²) in [5.74, 6) is 0. The molecule has 4 heteroatoms. The Bertz CT molecular complexity index is 207. The minimum Gasteiger partial charge on any atom is -0.376 e. The molecule has 2 heterocycles. The SMILES string of the molecule is NC(=S)N1CCN2CCCCC2C1. The highest BCUT2D eigenvalue weighted by molar-refractivity contribution is 7.80. The molecule has 0 aliphatic carbocycles. The van der Waals surface area contributed by atoms with Gasteiger partial charge in [0.05, 0.1) is 0 Å². The molecule has 2 N–H and O–H groups in total. The molecule has 2 rings (SSSR count). The van der Waals surface area contributed by atoms with E-state index in [1.165, 1.54) is 25.8 Å². The van der Waals surface area contributed by atoms with Gasteiger partial charge in [0, 0.05) is 25.7 Å². The molecule has 2 fully saturated rings. The second-order valence-corrected chi connectivity index (χ2v) is 4.39. The Kier molecular flexibility index (Phi) is 2.69. The fraction of sp³-hybridized carbons (Fsp3) is 0.889. The summed E-state index contributed by atoms with van der Waals surface area (Å²) < 4.78 is 0. The predicted molar refractivity (Wildman–Crippen MR) is 57.6 cm³/mol. The van der Waals surface area contributed by atoms with E-state index >= 15 is 0 Å². The van der Waals surface area contributed by atoms with Gasteiger partial charge in [0.1, 0.15) is 0 Å². The fourth-order valence-corrected chi connectivity index (χ4v) is 2.52. The van der Waals surface area contributed by atoms with E-state index in [2.05, 4.69) is 9.80 Å². The number of piperazine rings is 1. The van der Waals surface area contributed by atoms with Crippen molar-refractivity contribution in [2.75, 3.05) is 26.2 Å². The Labute approximate surface area is 84.9 Å². The van der Waals surface area contributed by atoms with Gasteiger partial charge in [-0.05, 0) is 31.6 Å².